The number of aromatic amines is 1. The number of H-pyrrole nitrogens is 1. The fraction of sp³-hybridized carbons (Fsp3) is 0.0833. The third-order valence-electron chi connectivity index (χ3n) is 4.59. The quantitative estimate of drug-likeness (QED) is 0.503. The lowest BCUT2D eigenvalue weighted by molar-refractivity contribution is 0.601. The molecule has 6 nitrogen and oxygen atoms in total. The Morgan fingerprint density at radius 3 is 2.32 bits per heavy atom. The lowest BCUT2D eigenvalue weighted by atomic mass is 10.0. The SMILES string of the molecule is CS(=O)(=O)Cc1ccc(-c2coc3cc(C#Cc4cc[nH]c(=O)c4)ccc3c2=O)cc1. The van der Waals surface area contributed by atoms with Gasteiger partial charge in [0.1, 0.15) is 11.8 Å². The molecule has 0 aliphatic heterocycles. The zero-order valence-corrected chi connectivity index (χ0v) is 17.3. The van der Waals surface area contributed by atoms with Gasteiger partial charge in [-0.25, -0.2) is 8.42 Å². The normalized spacial score (nSPS) is 11.1. The predicted molar refractivity (Wildman–Crippen MR) is 120 cm³/mol. The van der Waals surface area contributed by atoms with Crippen LogP contribution in [0.4, 0.5) is 0 Å². The summed E-state index contributed by atoms with van der Waals surface area (Å²) in [6, 6.07) is 14.9. The van der Waals surface area contributed by atoms with Crippen molar-refractivity contribution in [2.45, 2.75) is 5.75 Å². The largest absolute Gasteiger partial charge is 0.463 e. The van der Waals surface area contributed by atoms with Crippen LogP contribution in [0.15, 0.2) is 81.1 Å². The van der Waals surface area contributed by atoms with Crippen LogP contribution in [-0.4, -0.2) is 19.7 Å². The molecule has 0 bridgehead atoms. The highest BCUT2D eigenvalue weighted by molar-refractivity contribution is 7.89. The van der Waals surface area contributed by atoms with E-state index in [4.69, 9.17) is 4.42 Å². The zero-order chi connectivity index (χ0) is 22.0. The zero-order valence-electron chi connectivity index (χ0n) is 16.5. The number of hydrogen-bond acceptors (Lipinski definition) is 5. The summed E-state index contributed by atoms with van der Waals surface area (Å²) in [5, 5.41) is 0.416. The van der Waals surface area contributed by atoms with Gasteiger partial charge in [0, 0.05) is 29.6 Å². The number of fused-ring (bicyclic) bond motifs is 1. The Labute approximate surface area is 178 Å². The molecule has 154 valence electrons. The molecule has 0 fully saturated rings. The fourth-order valence-electron chi connectivity index (χ4n) is 3.16. The number of aromatic nitrogens is 1. The van der Waals surface area contributed by atoms with Crippen LogP contribution in [0.2, 0.25) is 0 Å². The molecule has 0 saturated heterocycles. The Morgan fingerprint density at radius 1 is 0.935 bits per heavy atom. The molecule has 7 heteroatoms. The lowest BCUT2D eigenvalue weighted by Crippen LogP contribution is -2.05. The van der Waals surface area contributed by atoms with Gasteiger partial charge < -0.3 is 9.40 Å². The molecule has 0 aliphatic carbocycles. The molecule has 1 N–H and O–H groups in total. The minimum absolute atomic E-state index is 0.0548. The van der Waals surface area contributed by atoms with Crippen molar-refractivity contribution >= 4 is 20.8 Å². The van der Waals surface area contributed by atoms with Crippen LogP contribution in [0.5, 0.6) is 0 Å². The van der Waals surface area contributed by atoms with Crippen molar-refractivity contribution in [3.8, 4) is 23.0 Å². The average Bonchev–Trinajstić information content (AvgIpc) is 2.72. The summed E-state index contributed by atoms with van der Waals surface area (Å²) < 4.78 is 28.6. The van der Waals surface area contributed by atoms with Crippen molar-refractivity contribution in [3.05, 3.63) is 104 Å². The van der Waals surface area contributed by atoms with Crippen LogP contribution in [0.3, 0.4) is 0 Å². The van der Waals surface area contributed by atoms with Crippen molar-refractivity contribution in [3.63, 3.8) is 0 Å². The van der Waals surface area contributed by atoms with E-state index in [0.29, 0.717) is 38.8 Å². The number of pyridine rings is 1. The van der Waals surface area contributed by atoms with Gasteiger partial charge in [0.25, 0.3) is 0 Å². The van der Waals surface area contributed by atoms with Gasteiger partial charge in [0.2, 0.25) is 5.56 Å². The molecule has 31 heavy (non-hydrogen) atoms. The predicted octanol–water partition coefficient (Wildman–Crippen LogP) is 3.09. The molecular formula is C24H17NO5S. The number of rotatable bonds is 3. The molecule has 2 aromatic heterocycles. The van der Waals surface area contributed by atoms with Crippen molar-refractivity contribution in [1.82, 2.24) is 4.98 Å². The Kier molecular flexibility index (Phi) is 5.32. The molecule has 0 spiro atoms. The molecule has 0 atom stereocenters. The minimum Gasteiger partial charge on any atom is -0.463 e. The molecule has 0 unspecified atom stereocenters. The number of sulfone groups is 1. The van der Waals surface area contributed by atoms with E-state index < -0.39 is 9.84 Å². The summed E-state index contributed by atoms with van der Waals surface area (Å²) >= 11 is 0. The van der Waals surface area contributed by atoms with Crippen LogP contribution in [0.25, 0.3) is 22.1 Å². The summed E-state index contributed by atoms with van der Waals surface area (Å²) in [5.41, 5.74) is 2.90. The van der Waals surface area contributed by atoms with Crippen molar-refractivity contribution < 1.29 is 12.8 Å². The van der Waals surface area contributed by atoms with E-state index in [0.717, 1.165) is 0 Å². The van der Waals surface area contributed by atoms with Gasteiger partial charge in [-0.05, 0) is 35.4 Å². The van der Waals surface area contributed by atoms with Gasteiger partial charge in [-0.15, -0.1) is 0 Å². The topological polar surface area (TPSA) is 97.2 Å². The first-order valence-electron chi connectivity index (χ1n) is 9.32. The highest BCUT2D eigenvalue weighted by atomic mass is 32.2. The second-order valence-corrected chi connectivity index (χ2v) is 9.29. The van der Waals surface area contributed by atoms with Gasteiger partial charge in [0.15, 0.2) is 15.3 Å². The summed E-state index contributed by atoms with van der Waals surface area (Å²) in [4.78, 5) is 26.8. The van der Waals surface area contributed by atoms with Gasteiger partial charge in [0.05, 0.1) is 16.7 Å². The minimum atomic E-state index is -3.13. The Morgan fingerprint density at radius 2 is 1.65 bits per heavy atom. The molecule has 4 aromatic rings. The monoisotopic (exact) mass is 431 g/mol. The molecule has 4 rings (SSSR count). The van der Waals surface area contributed by atoms with E-state index >= 15 is 0 Å². The van der Waals surface area contributed by atoms with E-state index in [1.807, 2.05) is 0 Å². The first-order valence-corrected chi connectivity index (χ1v) is 11.4. The van der Waals surface area contributed by atoms with Crippen LogP contribution in [-0.2, 0) is 15.6 Å². The van der Waals surface area contributed by atoms with E-state index in [9.17, 15) is 18.0 Å². The van der Waals surface area contributed by atoms with Gasteiger partial charge in [-0.2, -0.15) is 0 Å². The van der Waals surface area contributed by atoms with Crippen molar-refractivity contribution in [2.75, 3.05) is 6.26 Å². The van der Waals surface area contributed by atoms with Gasteiger partial charge in [-0.3, -0.25) is 9.59 Å². The standard InChI is InChI=1S/C24H17NO5S/c1-31(28,29)15-18-4-7-19(8-5-18)21-14-30-22-12-16(6-9-20(22)24(21)27)2-3-17-10-11-25-23(26)13-17/h4-14H,15H2,1H3,(H,25,26). The number of nitrogens with one attached hydrogen (secondary N) is 1. The molecule has 2 heterocycles. The van der Waals surface area contributed by atoms with E-state index in [-0.39, 0.29) is 16.7 Å². The molecular weight excluding hydrogens is 414 g/mol. The van der Waals surface area contributed by atoms with Crippen molar-refractivity contribution in [2.24, 2.45) is 0 Å². The van der Waals surface area contributed by atoms with Crippen LogP contribution >= 0.6 is 0 Å². The Hall–Kier alpha value is -3.89. The first-order chi connectivity index (χ1) is 14.8. The van der Waals surface area contributed by atoms with Gasteiger partial charge >= 0.3 is 0 Å². The second-order valence-electron chi connectivity index (χ2n) is 7.15. The number of benzene rings is 2. The third kappa shape index (κ3) is 4.82. The smallest absolute Gasteiger partial charge is 0.249 e. The maximum absolute atomic E-state index is 12.9. The van der Waals surface area contributed by atoms with Crippen LogP contribution < -0.4 is 11.0 Å². The molecule has 0 radical (unpaired) electrons. The molecule has 2 aromatic carbocycles. The van der Waals surface area contributed by atoms with Gasteiger partial charge in [-0.1, -0.05) is 36.1 Å². The Balaban J connectivity index is 1.67. The summed E-state index contributed by atoms with van der Waals surface area (Å²) in [5.74, 6) is 5.81. The molecule has 0 saturated carbocycles. The summed E-state index contributed by atoms with van der Waals surface area (Å²) in [6.45, 7) is 0. The van der Waals surface area contributed by atoms with E-state index in [1.54, 1.807) is 48.5 Å². The summed E-state index contributed by atoms with van der Waals surface area (Å²) in [6.07, 6.45) is 4.10. The molecule has 0 aliphatic rings. The first kappa shape index (κ1) is 20.4. The second kappa shape index (κ2) is 8.09. The fourth-order valence-corrected chi connectivity index (χ4v) is 3.95. The van der Waals surface area contributed by atoms with E-state index in [1.165, 1.54) is 24.8 Å². The highest BCUT2D eigenvalue weighted by Crippen LogP contribution is 2.21. The highest BCUT2D eigenvalue weighted by Gasteiger charge is 2.11. The van der Waals surface area contributed by atoms with Crippen LogP contribution in [0, 0.1) is 11.8 Å². The maximum atomic E-state index is 12.9. The van der Waals surface area contributed by atoms with Crippen LogP contribution in [0.1, 0.15) is 16.7 Å². The lowest BCUT2D eigenvalue weighted by Gasteiger charge is -2.05. The summed E-state index contributed by atoms with van der Waals surface area (Å²) in [7, 11) is -3.13. The molecule has 0 amide bonds. The van der Waals surface area contributed by atoms with E-state index in [2.05, 4.69) is 16.8 Å². The third-order valence-corrected chi connectivity index (χ3v) is 5.45. The Bertz CT molecular complexity index is 1570. The number of hydrogen-bond donors (Lipinski definition) is 1. The average molecular weight is 431 g/mol. The maximum Gasteiger partial charge on any atom is 0.249 e. The van der Waals surface area contributed by atoms with Crippen molar-refractivity contribution in [1.29, 1.82) is 0 Å².